The van der Waals surface area contributed by atoms with Gasteiger partial charge in [-0.05, 0) is 106 Å². The van der Waals surface area contributed by atoms with Gasteiger partial charge in [-0.2, -0.15) is 0 Å². The first-order valence-corrected chi connectivity index (χ1v) is 13.5. The second-order valence-electron chi connectivity index (χ2n) is 10.1. The fraction of sp³-hybridized carbons (Fsp3) is 0. The number of hydrogen-bond acceptors (Lipinski definition) is 1. The predicted molar refractivity (Wildman–Crippen MR) is 192 cm³/mol. The van der Waals surface area contributed by atoms with Gasteiger partial charge in [0.2, 0.25) is 0 Å². The molecular formula is C44H26O. The molecule has 0 saturated carbocycles. The van der Waals surface area contributed by atoms with Crippen LogP contribution >= 0.6 is 0 Å². The highest BCUT2D eigenvalue weighted by molar-refractivity contribution is 6.26. The normalized spacial score (nSPS) is 19.8. The minimum Gasteiger partial charge on any atom is -0.456 e. The molecule has 0 spiro atoms. The molecule has 10 aromatic rings. The minimum atomic E-state index is -0.955. The zero-order chi connectivity index (χ0) is 51.2. The Morgan fingerprint density at radius 2 is 0.911 bits per heavy atom. The largest absolute Gasteiger partial charge is 0.456 e. The highest BCUT2D eigenvalue weighted by Gasteiger charge is 2.20. The number of rotatable bonds is 2. The van der Waals surface area contributed by atoms with Gasteiger partial charge in [0, 0.05) is 10.8 Å². The molecule has 0 N–H and O–H groups in total. The summed E-state index contributed by atoms with van der Waals surface area (Å²) >= 11 is 0. The molecule has 1 nitrogen and oxygen atoms in total. The lowest BCUT2D eigenvalue weighted by atomic mass is 9.83. The van der Waals surface area contributed by atoms with Crippen molar-refractivity contribution in [2.45, 2.75) is 0 Å². The third-order valence-corrected chi connectivity index (χ3v) is 7.71. The Morgan fingerprint density at radius 3 is 1.64 bits per heavy atom. The van der Waals surface area contributed by atoms with E-state index in [2.05, 4.69) is 0 Å². The van der Waals surface area contributed by atoms with Gasteiger partial charge in [0.1, 0.15) is 11.2 Å². The third kappa shape index (κ3) is 3.56. The summed E-state index contributed by atoms with van der Waals surface area (Å²) in [5.74, 6) is 0. The Kier molecular flexibility index (Phi) is 2.19. The standard InChI is InChI=1S/C44H26O/c1-2-12-28-26-42-39(23-27(28)11-1)38-25-30(21-22-41(38)45-42)43-34-17-7-9-19-36(34)44(37-20-10-8-18-35(37)43)40-24-29-13-3-4-14-31(29)32-15-5-6-16-33(32)40/h1-26H/i1D,2D,3D,4D,5D,6D,7D,8D,9D,10D,11D,12D,13D,15D,16D,17D,18D,19D,20D,21D,22D,23D,24D,25D,26D. The molecule has 0 aliphatic carbocycles. The summed E-state index contributed by atoms with van der Waals surface area (Å²) in [6, 6.07) is -19.6. The van der Waals surface area contributed by atoms with Crippen LogP contribution in [0.4, 0.5) is 0 Å². The molecule has 0 fully saturated rings. The highest BCUT2D eigenvalue weighted by Crippen LogP contribution is 2.47. The predicted octanol–water partition coefficient (Wildman–Crippen LogP) is 12.7. The molecule has 9 aromatic carbocycles. The van der Waals surface area contributed by atoms with Gasteiger partial charge in [0.15, 0.2) is 0 Å². The van der Waals surface area contributed by atoms with E-state index in [0.717, 1.165) is 6.07 Å². The zero-order valence-electron chi connectivity index (χ0n) is 47.5. The van der Waals surface area contributed by atoms with E-state index in [4.69, 9.17) is 25.0 Å². The second kappa shape index (κ2) is 9.29. The van der Waals surface area contributed by atoms with Crippen molar-refractivity contribution in [3.63, 3.8) is 0 Å². The molecule has 0 aliphatic heterocycles. The maximum atomic E-state index is 9.85. The van der Waals surface area contributed by atoms with Crippen molar-refractivity contribution >= 4 is 75.8 Å². The minimum absolute atomic E-state index is 0.245. The van der Waals surface area contributed by atoms with Crippen LogP contribution in [-0.4, -0.2) is 0 Å². The molecule has 1 heteroatoms. The molecule has 0 radical (unpaired) electrons. The van der Waals surface area contributed by atoms with Crippen LogP contribution in [0.15, 0.2) is 162 Å². The molecule has 0 atom stereocenters. The van der Waals surface area contributed by atoms with E-state index in [-0.39, 0.29) is 5.39 Å². The van der Waals surface area contributed by atoms with Crippen LogP contribution in [0.3, 0.4) is 0 Å². The number of furan rings is 1. The Hall–Kier alpha value is -5.92. The topological polar surface area (TPSA) is 13.1 Å². The smallest absolute Gasteiger partial charge is 0.136 e. The quantitative estimate of drug-likeness (QED) is 0.143. The van der Waals surface area contributed by atoms with Gasteiger partial charge in [-0.1, -0.05) is 127 Å². The lowest BCUT2D eigenvalue weighted by Crippen LogP contribution is -1.92. The highest BCUT2D eigenvalue weighted by atomic mass is 16.3. The Morgan fingerprint density at radius 1 is 0.356 bits per heavy atom. The van der Waals surface area contributed by atoms with Gasteiger partial charge < -0.3 is 4.42 Å². The molecule has 1 heterocycles. The monoisotopic (exact) mass is 595 g/mol. The summed E-state index contributed by atoms with van der Waals surface area (Å²) in [6.07, 6.45) is 0. The van der Waals surface area contributed by atoms with Crippen molar-refractivity contribution in [1.82, 2.24) is 0 Å². The van der Waals surface area contributed by atoms with Crippen LogP contribution in [0.25, 0.3) is 98.1 Å². The molecule has 0 aliphatic rings. The number of hydrogen-bond donors (Lipinski definition) is 0. The average Bonchev–Trinajstić information content (AvgIpc) is 3.74. The zero-order valence-corrected chi connectivity index (χ0v) is 22.5. The van der Waals surface area contributed by atoms with Crippen LogP contribution in [-0.2, 0) is 0 Å². The lowest BCUT2D eigenvalue weighted by Gasteiger charge is -2.19. The Bertz CT molecular complexity index is 4150. The fourth-order valence-electron chi connectivity index (χ4n) is 5.83. The van der Waals surface area contributed by atoms with Crippen LogP contribution in [0.1, 0.15) is 34.3 Å². The van der Waals surface area contributed by atoms with Gasteiger partial charge in [-0.25, -0.2) is 0 Å². The summed E-state index contributed by atoms with van der Waals surface area (Å²) in [5, 5.41) is -6.16. The van der Waals surface area contributed by atoms with Gasteiger partial charge in [-0.15, -0.1) is 0 Å². The molecule has 0 saturated heterocycles. The number of benzene rings is 9. The first-order chi connectivity index (χ1) is 32.7. The summed E-state index contributed by atoms with van der Waals surface area (Å²) in [7, 11) is 0. The Balaban J connectivity index is 1.56. The van der Waals surface area contributed by atoms with Crippen molar-refractivity contribution in [3.05, 3.63) is 157 Å². The second-order valence-corrected chi connectivity index (χ2v) is 10.1. The van der Waals surface area contributed by atoms with E-state index >= 15 is 0 Å². The first-order valence-electron chi connectivity index (χ1n) is 26.0. The van der Waals surface area contributed by atoms with Crippen LogP contribution in [0.5, 0.6) is 0 Å². The molecule has 10 rings (SSSR count). The third-order valence-electron chi connectivity index (χ3n) is 7.71. The maximum absolute atomic E-state index is 9.85. The van der Waals surface area contributed by atoms with Crippen LogP contribution in [0.2, 0.25) is 0 Å². The maximum Gasteiger partial charge on any atom is 0.136 e. The molecule has 0 bridgehead atoms. The van der Waals surface area contributed by atoms with E-state index in [1.54, 1.807) is 0 Å². The molecule has 0 amide bonds. The van der Waals surface area contributed by atoms with E-state index in [0.29, 0.717) is 0 Å². The van der Waals surface area contributed by atoms with E-state index in [1.807, 2.05) is 0 Å². The summed E-state index contributed by atoms with van der Waals surface area (Å²) in [5.41, 5.74) is -3.78. The van der Waals surface area contributed by atoms with Gasteiger partial charge in [0.25, 0.3) is 0 Å². The van der Waals surface area contributed by atoms with Crippen LogP contribution < -0.4 is 0 Å². The molecule has 208 valence electrons. The fourth-order valence-corrected chi connectivity index (χ4v) is 5.83. The SMILES string of the molecule is [2H]c1cc2c(c([2H])c1[2H])c([2H])c(-c1c3c([2H])c([2H])c([2H])c([2H])c3c(-c3c([2H])c([2H])c4oc5c([2H])c6c([2H])c([2H])c([2H])c([2H])c6c([2H])c5c4c3[2H])c3c([2H])c([2H])c([2H])c([2H])c13)c1c([2H])c([2H])c([2H])c([2H])c12. The molecule has 0 unspecified atom stereocenters. The van der Waals surface area contributed by atoms with Crippen LogP contribution in [0, 0.1) is 0 Å². The first kappa shape index (κ1) is 10.6. The lowest BCUT2D eigenvalue weighted by molar-refractivity contribution is 0.669. The molecular weight excluding hydrogens is 544 g/mol. The van der Waals surface area contributed by atoms with Crippen molar-refractivity contribution in [1.29, 1.82) is 0 Å². The van der Waals surface area contributed by atoms with E-state index < -0.39 is 244 Å². The van der Waals surface area contributed by atoms with Crippen molar-refractivity contribution in [3.8, 4) is 22.3 Å². The summed E-state index contributed by atoms with van der Waals surface area (Å²) < 4.78 is 232. The molecule has 1 aromatic heterocycles. The van der Waals surface area contributed by atoms with Gasteiger partial charge >= 0.3 is 0 Å². The van der Waals surface area contributed by atoms with Crippen molar-refractivity contribution < 1.29 is 38.7 Å². The molecule has 45 heavy (non-hydrogen) atoms. The summed E-state index contributed by atoms with van der Waals surface area (Å²) in [6.45, 7) is 0. The average molecular weight is 596 g/mol. The Labute approximate surface area is 294 Å². The number of fused-ring (bicyclic) bond motifs is 9. The van der Waals surface area contributed by atoms with E-state index in [1.165, 1.54) is 0 Å². The van der Waals surface area contributed by atoms with Crippen molar-refractivity contribution in [2.24, 2.45) is 0 Å². The van der Waals surface area contributed by atoms with E-state index in [9.17, 15) is 13.7 Å². The van der Waals surface area contributed by atoms with Gasteiger partial charge in [-0.3, -0.25) is 0 Å². The summed E-state index contributed by atoms with van der Waals surface area (Å²) in [4.78, 5) is 0. The van der Waals surface area contributed by atoms with Gasteiger partial charge in [0.05, 0.1) is 34.3 Å². The van der Waals surface area contributed by atoms with Crippen molar-refractivity contribution in [2.75, 3.05) is 0 Å².